The Morgan fingerprint density at radius 3 is 2.50 bits per heavy atom. The second kappa shape index (κ2) is 9.75. The van der Waals surface area contributed by atoms with Gasteiger partial charge in [0, 0.05) is 30.7 Å². The van der Waals surface area contributed by atoms with Crippen molar-refractivity contribution < 1.29 is 17.9 Å². The minimum Gasteiger partial charge on any atom is -0.448 e. The summed E-state index contributed by atoms with van der Waals surface area (Å²) in [6.45, 7) is 7.55. The quantitative estimate of drug-likeness (QED) is 0.689. The van der Waals surface area contributed by atoms with Crippen LogP contribution in [0.4, 0.5) is 16.2 Å². The third-order valence-electron chi connectivity index (χ3n) is 4.18. The van der Waals surface area contributed by atoms with E-state index in [1.54, 1.807) is 6.07 Å². The van der Waals surface area contributed by atoms with Gasteiger partial charge >= 0.3 is 6.09 Å². The number of nitrogens with zero attached hydrogens (tertiary/aromatic N) is 2. The zero-order valence-corrected chi connectivity index (χ0v) is 17.7. The molecule has 1 N–H and O–H groups in total. The van der Waals surface area contributed by atoms with Crippen LogP contribution in [0.1, 0.15) is 19.4 Å². The van der Waals surface area contributed by atoms with Gasteiger partial charge in [-0.15, -0.1) is 0 Å². The number of aryl methyl sites for hydroxylation is 1. The summed E-state index contributed by atoms with van der Waals surface area (Å²) in [6.07, 6.45) is 0.546. The summed E-state index contributed by atoms with van der Waals surface area (Å²) < 4.78 is 29.4. The second-order valence-electron chi connectivity index (χ2n) is 6.07. The van der Waals surface area contributed by atoms with E-state index < -0.39 is 15.9 Å². The Morgan fingerprint density at radius 1 is 1.21 bits per heavy atom. The van der Waals surface area contributed by atoms with Crippen LogP contribution < -0.4 is 10.2 Å². The number of pyridine rings is 1. The van der Waals surface area contributed by atoms with Crippen LogP contribution in [0.2, 0.25) is 5.02 Å². The second-order valence-corrected chi connectivity index (χ2v) is 8.56. The third kappa shape index (κ3) is 5.84. The summed E-state index contributed by atoms with van der Waals surface area (Å²) in [5.74, 6) is -0.366. The van der Waals surface area contributed by atoms with Crippen LogP contribution in [0.25, 0.3) is 0 Å². The van der Waals surface area contributed by atoms with Crippen molar-refractivity contribution in [2.45, 2.75) is 25.8 Å². The minimum absolute atomic E-state index is 0.108. The number of sulfone groups is 1. The van der Waals surface area contributed by atoms with Crippen LogP contribution in [0.15, 0.2) is 41.6 Å². The Bertz CT molecular complexity index is 913. The lowest BCUT2D eigenvalue weighted by Crippen LogP contribution is -2.22. The smallest absolute Gasteiger partial charge is 0.411 e. The SMILES string of the molecule is CCN(CC)c1ccc(NC(=O)OCCS(=O)(=O)c2ccc(Cl)cn2)c(C)c1. The number of amides is 1. The van der Waals surface area contributed by atoms with Crippen molar-refractivity contribution in [3.05, 3.63) is 47.1 Å². The number of anilines is 2. The van der Waals surface area contributed by atoms with Crippen LogP contribution in [-0.2, 0) is 14.6 Å². The Kier molecular flexibility index (Phi) is 7.65. The van der Waals surface area contributed by atoms with Gasteiger partial charge in [-0.25, -0.2) is 18.2 Å². The van der Waals surface area contributed by atoms with Crippen molar-refractivity contribution in [1.82, 2.24) is 4.98 Å². The average molecular weight is 426 g/mol. The maximum atomic E-state index is 12.2. The molecule has 1 heterocycles. The van der Waals surface area contributed by atoms with E-state index >= 15 is 0 Å². The number of halogens is 1. The van der Waals surface area contributed by atoms with Crippen molar-refractivity contribution in [1.29, 1.82) is 0 Å². The molecule has 0 fully saturated rings. The number of nitrogens with one attached hydrogen (secondary N) is 1. The zero-order chi connectivity index (χ0) is 20.7. The van der Waals surface area contributed by atoms with E-state index in [9.17, 15) is 13.2 Å². The Hall–Kier alpha value is -2.32. The molecule has 2 rings (SSSR count). The molecule has 2 aromatic rings. The minimum atomic E-state index is -3.66. The molecule has 0 aliphatic carbocycles. The molecule has 0 unspecified atom stereocenters. The normalized spacial score (nSPS) is 11.1. The van der Waals surface area contributed by atoms with Gasteiger partial charge < -0.3 is 9.64 Å². The lowest BCUT2D eigenvalue weighted by molar-refractivity contribution is 0.168. The molecule has 1 aromatic heterocycles. The van der Waals surface area contributed by atoms with E-state index in [1.807, 2.05) is 19.1 Å². The fraction of sp³-hybridized carbons (Fsp3) is 0.368. The molecule has 1 aromatic carbocycles. The number of benzene rings is 1. The van der Waals surface area contributed by atoms with Gasteiger partial charge in [-0.1, -0.05) is 11.6 Å². The van der Waals surface area contributed by atoms with Gasteiger partial charge in [0.2, 0.25) is 0 Å². The fourth-order valence-corrected chi connectivity index (χ4v) is 3.73. The lowest BCUT2D eigenvalue weighted by Gasteiger charge is -2.22. The van der Waals surface area contributed by atoms with Gasteiger partial charge in [0.1, 0.15) is 6.61 Å². The largest absolute Gasteiger partial charge is 0.448 e. The van der Waals surface area contributed by atoms with Crippen molar-refractivity contribution in [2.75, 3.05) is 35.7 Å². The molecular weight excluding hydrogens is 402 g/mol. The van der Waals surface area contributed by atoms with E-state index in [0.717, 1.165) is 24.3 Å². The van der Waals surface area contributed by atoms with E-state index in [1.165, 1.54) is 18.3 Å². The highest BCUT2D eigenvalue weighted by molar-refractivity contribution is 7.91. The number of carbonyl (C=O) groups is 1. The highest BCUT2D eigenvalue weighted by Crippen LogP contribution is 2.22. The van der Waals surface area contributed by atoms with Crippen LogP contribution in [0, 0.1) is 6.92 Å². The molecule has 0 spiro atoms. The Balaban J connectivity index is 1.91. The van der Waals surface area contributed by atoms with Gasteiger partial charge in [-0.3, -0.25) is 5.32 Å². The third-order valence-corrected chi connectivity index (χ3v) is 5.99. The summed E-state index contributed by atoms with van der Waals surface area (Å²) in [7, 11) is -3.66. The van der Waals surface area contributed by atoms with Crippen molar-refractivity contribution in [3.63, 3.8) is 0 Å². The molecule has 0 radical (unpaired) electrons. The molecule has 0 bridgehead atoms. The highest BCUT2D eigenvalue weighted by Gasteiger charge is 2.17. The molecule has 0 aliphatic rings. The number of hydrogen-bond donors (Lipinski definition) is 1. The predicted molar refractivity (Wildman–Crippen MR) is 111 cm³/mol. The Labute approximate surface area is 170 Å². The Morgan fingerprint density at radius 2 is 1.93 bits per heavy atom. The lowest BCUT2D eigenvalue weighted by atomic mass is 10.1. The van der Waals surface area contributed by atoms with E-state index in [0.29, 0.717) is 10.7 Å². The van der Waals surface area contributed by atoms with Gasteiger partial charge in [-0.2, -0.15) is 0 Å². The summed E-state index contributed by atoms with van der Waals surface area (Å²) in [6, 6.07) is 8.47. The molecule has 28 heavy (non-hydrogen) atoms. The van der Waals surface area contributed by atoms with Gasteiger partial charge in [-0.05, 0) is 56.7 Å². The van der Waals surface area contributed by atoms with Gasteiger partial charge in [0.05, 0.1) is 10.8 Å². The zero-order valence-electron chi connectivity index (χ0n) is 16.1. The highest BCUT2D eigenvalue weighted by atomic mass is 35.5. The first-order valence-corrected chi connectivity index (χ1v) is 10.9. The molecule has 0 atom stereocenters. The first-order chi connectivity index (χ1) is 13.3. The summed E-state index contributed by atoms with van der Waals surface area (Å²) >= 11 is 5.70. The van der Waals surface area contributed by atoms with E-state index in [2.05, 4.69) is 29.0 Å². The predicted octanol–water partition coefficient (Wildman–Crippen LogP) is 3.91. The number of rotatable bonds is 8. The van der Waals surface area contributed by atoms with E-state index in [4.69, 9.17) is 16.3 Å². The summed E-state index contributed by atoms with van der Waals surface area (Å²) in [5, 5.41) is 2.88. The van der Waals surface area contributed by atoms with Gasteiger partial charge in [0.25, 0.3) is 0 Å². The molecular formula is C19H24ClN3O4S. The number of hydrogen-bond acceptors (Lipinski definition) is 6. The molecule has 152 valence electrons. The number of aromatic nitrogens is 1. The molecule has 7 nitrogen and oxygen atoms in total. The molecule has 9 heteroatoms. The topological polar surface area (TPSA) is 88.6 Å². The number of carbonyl (C=O) groups excluding carboxylic acids is 1. The van der Waals surface area contributed by atoms with Crippen LogP contribution in [0.5, 0.6) is 0 Å². The standard InChI is InChI=1S/C19H24ClN3O4S/c1-4-23(5-2)16-7-8-17(14(3)12-16)22-19(24)27-10-11-28(25,26)18-9-6-15(20)13-21-18/h6-9,12-13H,4-5,10-11H2,1-3H3,(H,22,24). The molecule has 0 saturated carbocycles. The fourth-order valence-electron chi connectivity index (χ4n) is 2.61. The molecule has 0 saturated heterocycles. The molecule has 1 amide bonds. The average Bonchev–Trinajstić information content (AvgIpc) is 2.65. The summed E-state index contributed by atoms with van der Waals surface area (Å²) in [4.78, 5) is 18.0. The van der Waals surface area contributed by atoms with Crippen LogP contribution in [0.3, 0.4) is 0 Å². The van der Waals surface area contributed by atoms with Crippen LogP contribution >= 0.6 is 11.6 Å². The maximum absolute atomic E-state index is 12.2. The monoisotopic (exact) mass is 425 g/mol. The van der Waals surface area contributed by atoms with Crippen LogP contribution in [-0.4, -0.2) is 44.9 Å². The van der Waals surface area contributed by atoms with Gasteiger partial charge in [0.15, 0.2) is 14.9 Å². The number of ether oxygens (including phenoxy) is 1. The maximum Gasteiger partial charge on any atom is 0.411 e. The first-order valence-electron chi connectivity index (χ1n) is 8.90. The first kappa shape index (κ1) is 22.0. The molecule has 0 aliphatic heterocycles. The van der Waals surface area contributed by atoms with Crippen molar-refractivity contribution in [3.8, 4) is 0 Å². The summed E-state index contributed by atoms with van der Waals surface area (Å²) in [5.41, 5.74) is 2.57. The van der Waals surface area contributed by atoms with E-state index in [-0.39, 0.29) is 17.4 Å². The van der Waals surface area contributed by atoms with Crippen molar-refractivity contribution in [2.24, 2.45) is 0 Å². The van der Waals surface area contributed by atoms with Crippen molar-refractivity contribution >= 4 is 38.9 Å².